The van der Waals surface area contributed by atoms with E-state index < -0.39 is 12.1 Å². The summed E-state index contributed by atoms with van der Waals surface area (Å²) in [6.45, 7) is 2.69. The van der Waals surface area contributed by atoms with Gasteiger partial charge in [-0.15, -0.1) is 0 Å². The summed E-state index contributed by atoms with van der Waals surface area (Å²) in [6.07, 6.45) is -2.55. The molecule has 0 saturated carbocycles. The Morgan fingerprint density at radius 1 is 1.35 bits per heavy atom. The zero-order chi connectivity index (χ0) is 14.8. The molecule has 20 heavy (non-hydrogen) atoms. The lowest BCUT2D eigenvalue weighted by Crippen LogP contribution is -2.42. The van der Waals surface area contributed by atoms with Crippen LogP contribution in [0, 0.1) is 5.92 Å². The Morgan fingerprint density at radius 2 is 2.05 bits per heavy atom. The molecular formula is C15H21F3N2. The van der Waals surface area contributed by atoms with Crippen molar-refractivity contribution < 1.29 is 13.2 Å². The first-order valence-corrected chi connectivity index (χ1v) is 7.09. The lowest BCUT2D eigenvalue weighted by molar-refractivity contribution is -0.176. The Hall–Kier alpha value is -1.23. The van der Waals surface area contributed by atoms with Crippen molar-refractivity contribution in [3.05, 3.63) is 29.8 Å². The van der Waals surface area contributed by atoms with Gasteiger partial charge in [-0.1, -0.05) is 25.1 Å². The summed E-state index contributed by atoms with van der Waals surface area (Å²) >= 11 is 0. The van der Waals surface area contributed by atoms with E-state index in [1.165, 1.54) is 0 Å². The van der Waals surface area contributed by atoms with Crippen LogP contribution in [0.1, 0.15) is 37.8 Å². The summed E-state index contributed by atoms with van der Waals surface area (Å²) < 4.78 is 38.7. The molecule has 5 heteroatoms. The van der Waals surface area contributed by atoms with Crippen LogP contribution in [0.15, 0.2) is 24.3 Å². The summed E-state index contributed by atoms with van der Waals surface area (Å²) in [7, 11) is 0. The van der Waals surface area contributed by atoms with Crippen molar-refractivity contribution in [2.45, 2.75) is 38.4 Å². The van der Waals surface area contributed by atoms with Gasteiger partial charge < -0.3 is 10.6 Å². The van der Waals surface area contributed by atoms with Crippen LogP contribution in [-0.2, 0) is 0 Å². The van der Waals surface area contributed by atoms with Gasteiger partial charge in [0.15, 0.2) is 0 Å². The highest BCUT2D eigenvalue weighted by molar-refractivity contribution is 5.55. The van der Waals surface area contributed by atoms with E-state index in [4.69, 9.17) is 5.73 Å². The zero-order valence-corrected chi connectivity index (χ0v) is 11.7. The number of rotatable bonds is 3. The van der Waals surface area contributed by atoms with Crippen LogP contribution < -0.4 is 10.6 Å². The maximum atomic E-state index is 12.9. The molecule has 2 atom stereocenters. The fraction of sp³-hybridized carbons (Fsp3) is 0.600. The van der Waals surface area contributed by atoms with E-state index in [0.29, 0.717) is 13.0 Å². The van der Waals surface area contributed by atoms with E-state index in [1.54, 1.807) is 0 Å². The molecule has 2 nitrogen and oxygen atoms in total. The molecule has 0 aliphatic carbocycles. The number of halogens is 3. The molecule has 1 aromatic rings. The molecule has 0 amide bonds. The number of alkyl halides is 3. The summed E-state index contributed by atoms with van der Waals surface area (Å²) in [4.78, 5) is 1.84. The van der Waals surface area contributed by atoms with Gasteiger partial charge in [-0.2, -0.15) is 13.2 Å². The highest BCUT2D eigenvalue weighted by atomic mass is 19.4. The molecular weight excluding hydrogens is 265 g/mol. The second kappa shape index (κ2) is 6.04. The van der Waals surface area contributed by atoms with Crippen molar-refractivity contribution in [2.24, 2.45) is 11.7 Å². The van der Waals surface area contributed by atoms with E-state index in [2.05, 4.69) is 0 Å². The van der Waals surface area contributed by atoms with Crippen LogP contribution in [-0.4, -0.2) is 19.3 Å². The van der Waals surface area contributed by atoms with Crippen LogP contribution in [0.4, 0.5) is 18.9 Å². The monoisotopic (exact) mass is 286 g/mol. The highest BCUT2D eigenvalue weighted by Gasteiger charge is 2.42. The van der Waals surface area contributed by atoms with Gasteiger partial charge in [0.05, 0.1) is 5.92 Å². The van der Waals surface area contributed by atoms with Crippen molar-refractivity contribution >= 4 is 5.69 Å². The first-order valence-electron chi connectivity index (χ1n) is 7.09. The van der Waals surface area contributed by atoms with Gasteiger partial charge in [0.2, 0.25) is 0 Å². The number of hydrogen-bond donors (Lipinski definition) is 1. The Balaban J connectivity index is 2.23. The lowest BCUT2D eigenvalue weighted by Gasteiger charge is -2.36. The van der Waals surface area contributed by atoms with Crippen LogP contribution in [0.5, 0.6) is 0 Å². The van der Waals surface area contributed by atoms with Gasteiger partial charge in [0.1, 0.15) is 0 Å². The third-order valence-electron chi connectivity index (χ3n) is 4.00. The van der Waals surface area contributed by atoms with Gasteiger partial charge in [0, 0.05) is 24.8 Å². The first kappa shape index (κ1) is 15.2. The Kier molecular flexibility index (Phi) is 4.58. The van der Waals surface area contributed by atoms with Gasteiger partial charge in [-0.3, -0.25) is 0 Å². The minimum absolute atomic E-state index is 0.0386. The summed E-state index contributed by atoms with van der Waals surface area (Å²) in [5.41, 5.74) is 7.87. The molecule has 0 bridgehead atoms. The molecule has 1 aliphatic rings. The summed E-state index contributed by atoms with van der Waals surface area (Å²) in [5, 5.41) is 0. The summed E-state index contributed by atoms with van der Waals surface area (Å²) in [6, 6.07) is 7.42. The molecule has 1 aromatic carbocycles. The quantitative estimate of drug-likeness (QED) is 0.913. The molecule has 0 radical (unpaired) electrons. The average Bonchev–Trinajstić information content (AvgIpc) is 2.45. The number of benzene rings is 1. The predicted molar refractivity (Wildman–Crippen MR) is 74.7 cm³/mol. The zero-order valence-electron chi connectivity index (χ0n) is 11.7. The third-order valence-corrected chi connectivity index (χ3v) is 4.00. The normalized spacial score (nSPS) is 21.9. The molecule has 1 saturated heterocycles. The second-order valence-corrected chi connectivity index (χ2v) is 5.40. The van der Waals surface area contributed by atoms with Crippen molar-refractivity contribution in [3.63, 3.8) is 0 Å². The van der Waals surface area contributed by atoms with E-state index in [1.807, 2.05) is 36.1 Å². The average molecular weight is 286 g/mol. The molecule has 2 N–H and O–H groups in total. The van der Waals surface area contributed by atoms with Crippen molar-refractivity contribution in [3.8, 4) is 0 Å². The van der Waals surface area contributed by atoms with Crippen LogP contribution in [0.25, 0.3) is 0 Å². The maximum Gasteiger partial charge on any atom is 0.393 e. The van der Waals surface area contributed by atoms with E-state index in [0.717, 1.165) is 17.7 Å². The number of hydrogen-bond acceptors (Lipinski definition) is 2. The lowest BCUT2D eigenvalue weighted by atomic mass is 9.95. The van der Waals surface area contributed by atoms with E-state index in [-0.39, 0.29) is 19.0 Å². The van der Waals surface area contributed by atoms with Gasteiger partial charge in [-0.05, 0) is 30.9 Å². The Bertz CT molecular complexity index is 445. The second-order valence-electron chi connectivity index (χ2n) is 5.40. The van der Waals surface area contributed by atoms with Crippen LogP contribution in [0.3, 0.4) is 0 Å². The number of piperidine rings is 1. The SMILES string of the molecule is CC[C@@H](N)c1ccccc1N1CCCC(C(F)(F)F)C1. The van der Waals surface area contributed by atoms with Crippen molar-refractivity contribution in [2.75, 3.05) is 18.0 Å². The Labute approximate surface area is 117 Å². The van der Waals surface area contributed by atoms with Crippen LogP contribution >= 0.6 is 0 Å². The molecule has 0 aromatic heterocycles. The first-order chi connectivity index (χ1) is 9.43. The largest absolute Gasteiger partial charge is 0.393 e. The minimum atomic E-state index is -4.11. The third kappa shape index (κ3) is 3.26. The molecule has 112 valence electrons. The molecule has 1 heterocycles. The molecule has 2 rings (SSSR count). The minimum Gasteiger partial charge on any atom is -0.371 e. The molecule has 1 aliphatic heterocycles. The topological polar surface area (TPSA) is 29.3 Å². The summed E-state index contributed by atoms with van der Waals surface area (Å²) in [5.74, 6) is -1.23. The highest BCUT2D eigenvalue weighted by Crippen LogP contribution is 2.36. The van der Waals surface area contributed by atoms with Gasteiger partial charge in [0.25, 0.3) is 0 Å². The standard InChI is InChI=1S/C15H21F3N2/c1-2-13(19)12-7-3-4-8-14(12)20-9-5-6-11(10-20)15(16,17)18/h3-4,7-8,11,13H,2,5-6,9-10,19H2,1H3/t11?,13-/m1/s1. The predicted octanol–water partition coefficient (Wildman–Crippen LogP) is 3.88. The fourth-order valence-corrected chi connectivity index (χ4v) is 2.77. The number of nitrogens with two attached hydrogens (primary N) is 1. The Morgan fingerprint density at radius 3 is 2.70 bits per heavy atom. The number of nitrogens with zero attached hydrogens (tertiary/aromatic N) is 1. The smallest absolute Gasteiger partial charge is 0.371 e. The molecule has 0 spiro atoms. The van der Waals surface area contributed by atoms with E-state index in [9.17, 15) is 13.2 Å². The molecule has 1 fully saturated rings. The fourth-order valence-electron chi connectivity index (χ4n) is 2.77. The maximum absolute atomic E-state index is 12.9. The van der Waals surface area contributed by atoms with E-state index >= 15 is 0 Å². The van der Waals surface area contributed by atoms with Crippen LogP contribution in [0.2, 0.25) is 0 Å². The van der Waals surface area contributed by atoms with Crippen molar-refractivity contribution in [1.29, 1.82) is 0 Å². The van der Waals surface area contributed by atoms with Crippen molar-refractivity contribution in [1.82, 2.24) is 0 Å². The van der Waals surface area contributed by atoms with Gasteiger partial charge in [-0.25, -0.2) is 0 Å². The number of para-hydroxylation sites is 1. The molecule has 1 unspecified atom stereocenters. The number of anilines is 1. The van der Waals surface area contributed by atoms with Gasteiger partial charge >= 0.3 is 6.18 Å².